The molecule has 180 valence electrons. The number of nitrogens with zero attached hydrogens (tertiary/aromatic N) is 3. The molecular weight excluding hydrogens is 466 g/mol. The highest BCUT2D eigenvalue weighted by Crippen LogP contribution is 2.31. The number of anilines is 2. The maximum absolute atomic E-state index is 13.2. The highest BCUT2D eigenvalue weighted by atomic mass is 19.3. The number of halogens is 4. The van der Waals surface area contributed by atoms with E-state index in [0.29, 0.717) is 22.7 Å². The van der Waals surface area contributed by atoms with E-state index in [1.165, 1.54) is 12.3 Å². The number of aromatic nitrogens is 3. The van der Waals surface area contributed by atoms with Crippen LogP contribution in [0, 0.1) is 0 Å². The molecule has 0 unspecified atom stereocenters. The van der Waals surface area contributed by atoms with Gasteiger partial charge in [0.1, 0.15) is 5.75 Å². The van der Waals surface area contributed by atoms with Gasteiger partial charge in [0.2, 0.25) is 0 Å². The van der Waals surface area contributed by atoms with E-state index in [-0.39, 0.29) is 11.9 Å². The van der Waals surface area contributed by atoms with Gasteiger partial charge in [-0.25, -0.2) is 9.97 Å². The van der Waals surface area contributed by atoms with E-state index in [9.17, 15) is 22.4 Å². The van der Waals surface area contributed by atoms with Crippen LogP contribution in [0.4, 0.5) is 29.1 Å². The van der Waals surface area contributed by atoms with E-state index in [0.717, 1.165) is 36.2 Å². The summed E-state index contributed by atoms with van der Waals surface area (Å²) in [5, 5.41) is 5.90. The van der Waals surface area contributed by atoms with Gasteiger partial charge in [0.25, 0.3) is 5.91 Å². The fourth-order valence-electron chi connectivity index (χ4n) is 3.49. The molecule has 0 atom stereocenters. The Kier molecular flexibility index (Phi) is 5.75. The molecule has 7 nitrogen and oxygen atoms in total. The largest absolute Gasteiger partial charge is 0.461 e. The number of fused-ring (bicyclic) bond motifs is 1. The zero-order chi connectivity index (χ0) is 24.6. The van der Waals surface area contributed by atoms with Gasteiger partial charge in [-0.2, -0.15) is 17.6 Å². The zero-order valence-electron chi connectivity index (χ0n) is 18.1. The van der Waals surface area contributed by atoms with E-state index < -0.39 is 18.3 Å². The summed E-state index contributed by atoms with van der Waals surface area (Å²) < 4.78 is 57.3. The van der Waals surface area contributed by atoms with Crippen molar-refractivity contribution in [2.24, 2.45) is 0 Å². The molecule has 1 saturated carbocycles. The van der Waals surface area contributed by atoms with Crippen LogP contribution in [0.3, 0.4) is 0 Å². The number of hydrogen-bond donors (Lipinski definition) is 2. The normalized spacial score (nSPS) is 13.7. The molecule has 0 spiro atoms. The highest BCUT2D eigenvalue weighted by Gasteiger charge is 2.44. The van der Waals surface area contributed by atoms with E-state index in [4.69, 9.17) is 0 Å². The van der Waals surface area contributed by atoms with Crippen LogP contribution >= 0.6 is 0 Å². The first-order valence-electron chi connectivity index (χ1n) is 10.8. The van der Waals surface area contributed by atoms with Crippen molar-refractivity contribution in [3.63, 3.8) is 0 Å². The number of imidazole rings is 1. The molecule has 0 radical (unpaired) electrons. The van der Waals surface area contributed by atoms with Gasteiger partial charge in [-0.05, 0) is 37.1 Å². The molecule has 2 heterocycles. The van der Waals surface area contributed by atoms with Gasteiger partial charge >= 0.3 is 12.5 Å². The summed E-state index contributed by atoms with van der Waals surface area (Å²) in [6.07, 6.45) is -1.67. The van der Waals surface area contributed by atoms with Crippen LogP contribution in [-0.4, -0.2) is 38.9 Å². The number of ether oxygens (including phenoxy) is 1. The molecule has 1 aliphatic carbocycles. The van der Waals surface area contributed by atoms with Crippen molar-refractivity contribution < 1.29 is 27.1 Å². The predicted octanol–water partition coefficient (Wildman–Crippen LogP) is 5.27. The van der Waals surface area contributed by atoms with Crippen molar-refractivity contribution in [3.8, 4) is 17.0 Å². The number of carbonyl (C=O) groups excluding carboxylic acids is 1. The average Bonchev–Trinajstić information content (AvgIpc) is 3.54. The van der Waals surface area contributed by atoms with E-state index >= 15 is 0 Å². The lowest BCUT2D eigenvalue weighted by molar-refractivity contribution is -0.253. The van der Waals surface area contributed by atoms with Gasteiger partial charge in [0.05, 0.1) is 11.9 Å². The fraction of sp³-hybridized carbons (Fsp3) is 0.208. The Bertz CT molecular complexity index is 1370. The third-order valence-electron chi connectivity index (χ3n) is 5.39. The highest BCUT2D eigenvalue weighted by molar-refractivity contribution is 5.95. The first kappa shape index (κ1) is 22.6. The van der Waals surface area contributed by atoms with Crippen LogP contribution in [0.1, 0.15) is 23.2 Å². The number of nitrogens with one attached hydrogen (secondary N) is 2. The minimum Gasteiger partial charge on any atom is -0.428 e. The number of rotatable bonds is 8. The van der Waals surface area contributed by atoms with Crippen molar-refractivity contribution in [2.75, 3.05) is 5.32 Å². The van der Waals surface area contributed by atoms with Gasteiger partial charge in [0.15, 0.2) is 11.5 Å². The number of carbonyl (C=O) groups is 1. The lowest BCUT2D eigenvalue weighted by Gasteiger charge is -2.17. The van der Waals surface area contributed by atoms with Crippen molar-refractivity contribution >= 4 is 23.1 Å². The van der Waals surface area contributed by atoms with Crippen molar-refractivity contribution in [1.82, 2.24) is 19.7 Å². The van der Waals surface area contributed by atoms with Gasteiger partial charge < -0.3 is 15.4 Å². The second kappa shape index (κ2) is 8.90. The summed E-state index contributed by atoms with van der Waals surface area (Å²) in [5.41, 5.74) is 2.87. The second-order valence-corrected chi connectivity index (χ2v) is 8.06. The van der Waals surface area contributed by atoms with Crippen LogP contribution < -0.4 is 15.4 Å². The summed E-state index contributed by atoms with van der Waals surface area (Å²) >= 11 is 0. The maximum Gasteiger partial charge on any atom is 0.461 e. The summed E-state index contributed by atoms with van der Waals surface area (Å²) in [6.45, 7) is 0. The predicted molar refractivity (Wildman–Crippen MR) is 120 cm³/mol. The number of benzene rings is 2. The second-order valence-electron chi connectivity index (χ2n) is 8.06. The Hall–Kier alpha value is -4.15. The minimum absolute atomic E-state index is 0.106. The smallest absolute Gasteiger partial charge is 0.428 e. The summed E-state index contributed by atoms with van der Waals surface area (Å²) in [6, 6.07) is 12.7. The summed E-state index contributed by atoms with van der Waals surface area (Å²) in [7, 11) is 0. The molecule has 11 heteroatoms. The van der Waals surface area contributed by atoms with E-state index in [2.05, 4.69) is 25.3 Å². The van der Waals surface area contributed by atoms with E-state index in [1.807, 2.05) is 12.1 Å². The minimum atomic E-state index is -4.61. The molecule has 2 aromatic carbocycles. The molecule has 1 amide bonds. The Morgan fingerprint density at radius 3 is 2.60 bits per heavy atom. The molecule has 2 N–H and O–H groups in total. The molecule has 4 aromatic rings. The molecular formula is C24H19F4N5O2. The molecule has 0 bridgehead atoms. The molecule has 1 aliphatic rings. The van der Waals surface area contributed by atoms with Gasteiger partial charge in [-0.15, -0.1) is 0 Å². The maximum atomic E-state index is 13.2. The first-order valence-corrected chi connectivity index (χ1v) is 10.8. The third-order valence-corrected chi connectivity index (χ3v) is 5.39. The van der Waals surface area contributed by atoms with Crippen LogP contribution in [0.5, 0.6) is 5.75 Å². The molecule has 1 fully saturated rings. The van der Waals surface area contributed by atoms with E-state index in [1.54, 1.807) is 35.0 Å². The van der Waals surface area contributed by atoms with Crippen LogP contribution in [0.15, 0.2) is 67.1 Å². The SMILES string of the molecule is O=C(NC1CC1)c1ccc(-c2cnc3c(Nc4cccc(OC(F)(F)C(F)F)c4)nccn23)cc1. The Balaban J connectivity index is 1.38. The standard InChI is InChI=1S/C24H19F4N5O2/c25-23(26)24(27,28)35-18-3-1-2-17(12-18)31-20-21-30-13-19(33(21)11-10-29-20)14-4-6-15(7-5-14)22(34)32-16-8-9-16/h1-7,10-13,16,23H,8-9H2,(H,29,31)(H,32,34). The lowest BCUT2D eigenvalue weighted by atomic mass is 10.1. The number of alkyl halides is 4. The summed E-state index contributed by atoms with van der Waals surface area (Å²) in [5.74, 6) is -0.218. The summed E-state index contributed by atoms with van der Waals surface area (Å²) in [4.78, 5) is 20.9. The number of hydrogen-bond acceptors (Lipinski definition) is 5. The molecule has 0 saturated heterocycles. The zero-order valence-corrected chi connectivity index (χ0v) is 18.1. The van der Waals surface area contributed by atoms with Crippen LogP contribution in [-0.2, 0) is 0 Å². The Labute approximate surface area is 196 Å². The monoisotopic (exact) mass is 485 g/mol. The first-order chi connectivity index (χ1) is 16.8. The number of amides is 1. The van der Waals surface area contributed by atoms with Crippen LogP contribution in [0.2, 0.25) is 0 Å². The fourth-order valence-corrected chi connectivity index (χ4v) is 3.49. The topological polar surface area (TPSA) is 80.5 Å². The van der Waals surface area contributed by atoms with Gasteiger partial charge in [0, 0.05) is 41.3 Å². The lowest BCUT2D eigenvalue weighted by Crippen LogP contribution is -2.33. The average molecular weight is 485 g/mol. The molecule has 5 rings (SSSR count). The van der Waals surface area contributed by atoms with Gasteiger partial charge in [-0.1, -0.05) is 18.2 Å². The molecule has 35 heavy (non-hydrogen) atoms. The van der Waals surface area contributed by atoms with Gasteiger partial charge in [-0.3, -0.25) is 9.20 Å². The van der Waals surface area contributed by atoms with Crippen LogP contribution in [0.25, 0.3) is 16.9 Å². The molecule has 0 aliphatic heterocycles. The quantitative estimate of drug-likeness (QED) is 0.333. The molecule has 2 aromatic heterocycles. The Morgan fingerprint density at radius 2 is 1.89 bits per heavy atom. The van der Waals surface area contributed by atoms with Crippen molar-refractivity contribution in [2.45, 2.75) is 31.4 Å². The Morgan fingerprint density at radius 1 is 1.11 bits per heavy atom. The third kappa shape index (κ3) is 4.88. The van der Waals surface area contributed by atoms with Crippen molar-refractivity contribution in [3.05, 3.63) is 72.7 Å². The van der Waals surface area contributed by atoms with Crippen molar-refractivity contribution in [1.29, 1.82) is 0 Å².